The van der Waals surface area contributed by atoms with Gasteiger partial charge in [-0.25, -0.2) is 4.39 Å². The van der Waals surface area contributed by atoms with Crippen molar-refractivity contribution in [2.75, 3.05) is 31.8 Å². The lowest BCUT2D eigenvalue weighted by Gasteiger charge is -2.10. The summed E-state index contributed by atoms with van der Waals surface area (Å²) < 4.78 is 24.0. The van der Waals surface area contributed by atoms with Crippen LogP contribution in [0.4, 0.5) is 9.52 Å². The van der Waals surface area contributed by atoms with Crippen LogP contribution in [0.2, 0.25) is 0 Å². The minimum atomic E-state index is -0.418. The topological polar surface area (TPSA) is 102 Å². The summed E-state index contributed by atoms with van der Waals surface area (Å²) in [7, 11) is 3.16. The summed E-state index contributed by atoms with van der Waals surface area (Å²) in [6.07, 6.45) is 0.648. The van der Waals surface area contributed by atoms with Crippen molar-refractivity contribution in [2.45, 2.75) is 10.8 Å². The number of amides is 2. The summed E-state index contributed by atoms with van der Waals surface area (Å²) in [5.41, 5.74) is 1.32. The number of rotatable bonds is 10. The Balaban J connectivity index is 1.41. The molecule has 3 rings (SSSR count). The first-order chi connectivity index (χ1) is 15.5. The van der Waals surface area contributed by atoms with Crippen LogP contribution in [0.25, 0.3) is 0 Å². The summed E-state index contributed by atoms with van der Waals surface area (Å²) >= 11 is 2.39. The Morgan fingerprint density at radius 2 is 1.81 bits per heavy atom. The molecular formula is C21H21FN4O4S2. The van der Waals surface area contributed by atoms with Crippen LogP contribution in [-0.4, -0.2) is 48.5 Å². The van der Waals surface area contributed by atoms with Gasteiger partial charge in [0.2, 0.25) is 11.0 Å². The van der Waals surface area contributed by atoms with Crippen LogP contribution in [0.5, 0.6) is 11.5 Å². The average molecular weight is 477 g/mol. The highest BCUT2D eigenvalue weighted by Gasteiger charge is 2.12. The number of hydrogen-bond acceptors (Lipinski definition) is 8. The zero-order chi connectivity index (χ0) is 22.9. The molecule has 168 valence electrons. The number of nitrogens with zero attached hydrogens (tertiary/aromatic N) is 2. The number of benzene rings is 2. The van der Waals surface area contributed by atoms with Gasteiger partial charge in [0.15, 0.2) is 15.8 Å². The zero-order valence-corrected chi connectivity index (χ0v) is 19.0. The number of methoxy groups -OCH3 is 2. The lowest BCUT2D eigenvalue weighted by atomic mass is 10.1. The summed E-state index contributed by atoms with van der Waals surface area (Å²) in [5, 5.41) is 13.6. The third kappa shape index (κ3) is 6.66. The Hall–Kier alpha value is -3.18. The largest absolute Gasteiger partial charge is 0.493 e. The fraction of sp³-hybridized carbons (Fsp3) is 0.238. The number of ether oxygens (including phenoxy) is 2. The molecule has 11 heteroatoms. The molecule has 2 N–H and O–H groups in total. The van der Waals surface area contributed by atoms with Crippen molar-refractivity contribution >= 4 is 40.0 Å². The van der Waals surface area contributed by atoms with Gasteiger partial charge >= 0.3 is 0 Å². The smallest absolute Gasteiger partial charge is 0.257 e. The van der Waals surface area contributed by atoms with Crippen molar-refractivity contribution in [1.82, 2.24) is 15.5 Å². The lowest BCUT2D eigenvalue weighted by molar-refractivity contribution is -0.118. The van der Waals surface area contributed by atoms with Crippen LogP contribution in [0, 0.1) is 5.82 Å². The first kappa shape index (κ1) is 23.5. The first-order valence-corrected chi connectivity index (χ1v) is 11.3. The molecule has 32 heavy (non-hydrogen) atoms. The van der Waals surface area contributed by atoms with Crippen molar-refractivity contribution in [3.63, 3.8) is 0 Å². The van der Waals surface area contributed by atoms with Crippen molar-refractivity contribution < 1.29 is 23.5 Å². The van der Waals surface area contributed by atoms with E-state index in [1.807, 2.05) is 18.2 Å². The van der Waals surface area contributed by atoms with Crippen molar-refractivity contribution in [2.24, 2.45) is 0 Å². The highest BCUT2D eigenvalue weighted by atomic mass is 32.2. The second kappa shape index (κ2) is 11.4. The van der Waals surface area contributed by atoms with Crippen LogP contribution >= 0.6 is 23.1 Å². The molecule has 0 spiro atoms. The number of halogens is 1. The van der Waals surface area contributed by atoms with E-state index in [2.05, 4.69) is 20.8 Å². The number of aromatic nitrogens is 2. The van der Waals surface area contributed by atoms with Crippen molar-refractivity contribution in [3.8, 4) is 11.5 Å². The van der Waals surface area contributed by atoms with Gasteiger partial charge in [-0.15, -0.1) is 10.2 Å². The molecule has 0 saturated carbocycles. The molecule has 0 radical (unpaired) electrons. The molecule has 0 bridgehead atoms. The third-order valence-corrected chi connectivity index (χ3v) is 6.22. The van der Waals surface area contributed by atoms with Gasteiger partial charge in [0, 0.05) is 12.1 Å². The molecule has 0 aliphatic carbocycles. The van der Waals surface area contributed by atoms with E-state index in [1.54, 1.807) is 14.2 Å². The average Bonchev–Trinajstić information content (AvgIpc) is 3.25. The van der Waals surface area contributed by atoms with Gasteiger partial charge in [0.05, 0.1) is 20.0 Å². The fourth-order valence-electron chi connectivity index (χ4n) is 2.65. The van der Waals surface area contributed by atoms with E-state index in [0.717, 1.165) is 16.9 Å². The minimum absolute atomic E-state index is 0.137. The van der Waals surface area contributed by atoms with Crippen molar-refractivity contribution in [1.29, 1.82) is 0 Å². The normalized spacial score (nSPS) is 10.5. The monoisotopic (exact) mass is 476 g/mol. The Morgan fingerprint density at radius 3 is 2.53 bits per heavy atom. The van der Waals surface area contributed by atoms with Gasteiger partial charge in [0.1, 0.15) is 5.82 Å². The van der Waals surface area contributed by atoms with E-state index in [0.29, 0.717) is 39.5 Å². The summed E-state index contributed by atoms with van der Waals surface area (Å²) in [6.45, 7) is 0.476. The Labute approximate surface area is 192 Å². The zero-order valence-electron chi connectivity index (χ0n) is 17.4. The molecule has 0 aliphatic rings. The number of thioether (sulfide) groups is 1. The van der Waals surface area contributed by atoms with Crippen molar-refractivity contribution in [3.05, 3.63) is 59.4 Å². The SMILES string of the molecule is COc1ccc(CCNC(=O)CSc2nnc(NC(=O)c3ccc(F)cc3)s2)cc1OC. The molecule has 0 aliphatic heterocycles. The predicted octanol–water partition coefficient (Wildman–Crippen LogP) is 3.40. The van der Waals surface area contributed by atoms with Gasteiger partial charge in [-0.05, 0) is 48.4 Å². The first-order valence-electron chi connectivity index (χ1n) is 9.49. The van der Waals surface area contributed by atoms with Gasteiger partial charge < -0.3 is 14.8 Å². The molecule has 0 fully saturated rings. The number of carbonyl (C=O) groups is 2. The summed E-state index contributed by atoms with van der Waals surface area (Å²) in [5.74, 6) is 0.505. The third-order valence-electron chi connectivity index (χ3n) is 4.24. The maximum Gasteiger partial charge on any atom is 0.257 e. The molecule has 2 amide bonds. The van der Waals surface area contributed by atoms with Crippen LogP contribution in [0.15, 0.2) is 46.8 Å². The Morgan fingerprint density at radius 1 is 1.06 bits per heavy atom. The Bertz CT molecular complexity index is 1080. The van der Waals surface area contributed by atoms with Gasteiger partial charge in [-0.1, -0.05) is 29.2 Å². The number of anilines is 1. The van der Waals surface area contributed by atoms with E-state index in [9.17, 15) is 14.0 Å². The fourth-order valence-corrected chi connectivity index (χ4v) is 4.23. The van der Waals surface area contributed by atoms with E-state index in [-0.39, 0.29) is 11.7 Å². The maximum absolute atomic E-state index is 13.0. The van der Waals surface area contributed by atoms with Gasteiger partial charge in [-0.2, -0.15) is 0 Å². The maximum atomic E-state index is 13.0. The summed E-state index contributed by atoms with van der Waals surface area (Å²) in [4.78, 5) is 24.2. The van der Waals surface area contributed by atoms with Gasteiger partial charge in [-0.3, -0.25) is 14.9 Å². The van der Waals surface area contributed by atoms with Crippen LogP contribution < -0.4 is 20.1 Å². The second-order valence-electron chi connectivity index (χ2n) is 6.41. The molecular weight excluding hydrogens is 455 g/mol. The molecule has 3 aromatic rings. The molecule has 2 aromatic carbocycles. The molecule has 0 atom stereocenters. The molecule has 1 aromatic heterocycles. The molecule has 0 saturated heterocycles. The molecule has 1 heterocycles. The molecule has 0 unspecified atom stereocenters. The van der Waals surface area contributed by atoms with E-state index >= 15 is 0 Å². The van der Waals surface area contributed by atoms with E-state index in [4.69, 9.17) is 9.47 Å². The van der Waals surface area contributed by atoms with E-state index < -0.39 is 11.7 Å². The number of nitrogens with one attached hydrogen (secondary N) is 2. The van der Waals surface area contributed by atoms with E-state index in [1.165, 1.54) is 36.0 Å². The standard InChI is InChI=1S/C21H21FN4O4S2/c1-29-16-8-3-13(11-17(16)30-2)9-10-23-18(27)12-31-21-26-25-20(32-21)24-19(28)14-4-6-15(22)7-5-14/h3-8,11H,9-10,12H2,1-2H3,(H,23,27)(H,24,25,28). The highest BCUT2D eigenvalue weighted by Crippen LogP contribution is 2.28. The molecule has 8 nitrogen and oxygen atoms in total. The highest BCUT2D eigenvalue weighted by molar-refractivity contribution is 8.01. The predicted molar refractivity (Wildman–Crippen MR) is 121 cm³/mol. The van der Waals surface area contributed by atoms with Crippen LogP contribution in [0.3, 0.4) is 0 Å². The summed E-state index contributed by atoms with van der Waals surface area (Å²) in [6, 6.07) is 10.8. The number of carbonyl (C=O) groups excluding carboxylic acids is 2. The lowest BCUT2D eigenvalue weighted by Crippen LogP contribution is -2.27. The Kier molecular flexibility index (Phi) is 8.40. The van der Waals surface area contributed by atoms with Gasteiger partial charge in [0.25, 0.3) is 5.91 Å². The quantitative estimate of drug-likeness (QED) is 0.342. The van der Waals surface area contributed by atoms with Crippen LogP contribution in [-0.2, 0) is 11.2 Å². The minimum Gasteiger partial charge on any atom is -0.493 e. The number of hydrogen-bond donors (Lipinski definition) is 2. The second-order valence-corrected chi connectivity index (χ2v) is 8.61. The van der Waals surface area contributed by atoms with Crippen LogP contribution in [0.1, 0.15) is 15.9 Å².